The summed E-state index contributed by atoms with van der Waals surface area (Å²) in [7, 11) is -4.99. The molecule has 88 valence electrons. The van der Waals surface area contributed by atoms with Crippen LogP contribution in [-0.4, -0.2) is 25.3 Å². The maximum Gasteiger partial charge on any atom is 0.341 e. The first-order chi connectivity index (χ1) is 7.25. The van der Waals surface area contributed by atoms with Gasteiger partial charge in [-0.15, -0.1) is 0 Å². The van der Waals surface area contributed by atoms with Crippen LogP contribution in [0.15, 0.2) is 23.1 Å². The fraction of sp³-hybridized carbons (Fsp3) is 0.125. The first-order valence-electron chi connectivity index (χ1n) is 3.81. The number of sulfone groups is 1. The highest BCUT2D eigenvalue weighted by molar-refractivity contribution is 7.91. The molecule has 0 saturated heterocycles. The predicted octanol–water partition coefficient (Wildman–Crippen LogP) is 1.52. The quantitative estimate of drug-likeness (QED) is 0.887. The Labute approximate surface area is 88.2 Å². The summed E-state index contributed by atoms with van der Waals surface area (Å²) in [5.41, 5.74) is -0.709. The van der Waals surface area contributed by atoms with Crippen LogP contribution in [0.1, 0.15) is 10.4 Å². The van der Waals surface area contributed by atoms with Gasteiger partial charge in [-0.3, -0.25) is 0 Å². The zero-order valence-corrected chi connectivity index (χ0v) is 8.34. The van der Waals surface area contributed by atoms with Crippen LogP contribution in [0.3, 0.4) is 0 Å². The van der Waals surface area contributed by atoms with Crippen LogP contribution in [0.25, 0.3) is 0 Å². The molecule has 0 bridgehead atoms. The third-order valence-corrected chi connectivity index (χ3v) is 3.04. The summed E-state index contributed by atoms with van der Waals surface area (Å²) in [4.78, 5) is 9.40. The second-order valence-electron chi connectivity index (χ2n) is 2.79. The van der Waals surface area contributed by atoms with E-state index in [9.17, 15) is 26.4 Å². The fourth-order valence-electron chi connectivity index (χ4n) is 0.953. The molecule has 0 atom stereocenters. The van der Waals surface area contributed by atoms with Crippen LogP contribution in [-0.2, 0) is 9.84 Å². The highest BCUT2D eigenvalue weighted by Gasteiger charge is 2.28. The van der Waals surface area contributed by atoms with Crippen molar-refractivity contribution in [1.82, 2.24) is 0 Å². The van der Waals surface area contributed by atoms with E-state index in [-0.39, 0.29) is 0 Å². The Morgan fingerprint density at radius 3 is 2.25 bits per heavy atom. The van der Waals surface area contributed by atoms with Gasteiger partial charge in [0.2, 0.25) is 9.84 Å². The molecule has 0 aliphatic rings. The van der Waals surface area contributed by atoms with Crippen molar-refractivity contribution < 1.29 is 31.5 Å². The highest BCUT2D eigenvalue weighted by atomic mass is 32.2. The van der Waals surface area contributed by atoms with Crippen molar-refractivity contribution >= 4 is 15.8 Å². The van der Waals surface area contributed by atoms with E-state index in [2.05, 4.69) is 0 Å². The lowest BCUT2D eigenvalue weighted by atomic mass is 10.2. The number of carboxylic acid groups (broad SMARTS) is 1. The minimum Gasteiger partial charge on any atom is -0.478 e. The molecule has 8 heteroatoms. The lowest BCUT2D eigenvalue weighted by Gasteiger charge is -2.04. The summed E-state index contributed by atoms with van der Waals surface area (Å²) >= 11 is 0. The van der Waals surface area contributed by atoms with Gasteiger partial charge in [0, 0.05) is 0 Å². The summed E-state index contributed by atoms with van der Waals surface area (Å²) in [6.45, 7) is 0. The van der Waals surface area contributed by atoms with Crippen molar-refractivity contribution in [2.75, 3.05) is 0 Å². The summed E-state index contributed by atoms with van der Waals surface area (Å²) < 4.78 is 58.9. The Hall–Kier alpha value is -1.57. The second-order valence-corrected chi connectivity index (χ2v) is 4.70. The Bertz CT molecular complexity index is 524. The Kier molecular flexibility index (Phi) is 3.22. The molecular weight excluding hydrogens is 249 g/mol. The van der Waals surface area contributed by atoms with E-state index in [0.29, 0.717) is 18.2 Å². The fourth-order valence-corrected chi connectivity index (χ4v) is 1.73. The average Bonchev–Trinajstić information content (AvgIpc) is 2.16. The maximum absolute atomic E-state index is 12.8. The predicted molar refractivity (Wildman–Crippen MR) is 46.5 cm³/mol. The summed E-state index contributed by atoms with van der Waals surface area (Å²) in [6.07, 6.45) is 0. The van der Waals surface area contributed by atoms with E-state index in [1.54, 1.807) is 0 Å². The standard InChI is InChI=1S/C8H5F3O4S/c9-5-1-4(7(12)13)2-6(3-5)16(14,15)8(10)11/h1-3,8H,(H,12,13). The maximum atomic E-state index is 12.8. The first-order valence-corrected chi connectivity index (χ1v) is 5.35. The Morgan fingerprint density at radius 1 is 1.25 bits per heavy atom. The first kappa shape index (κ1) is 12.5. The molecule has 0 unspecified atom stereocenters. The molecule has 0 radical (unpaired) electrons. The van der Waals surface area contributed by atoms with Crippen molar-refractivity contribution in [3.63, 3.8) is 0 Å². The van der Waals surface area contributed by atoms with Gasteiger partial charge < -0.3 is 5.11 Å². The van der Waals surface area contributed by atoms with Gasteiger partial charge in [-0.25, -0.2) is 17.6 Å². The van der Waals surface area contributed by atoms with Gasteiger partial charge in [-0.1, -0.05) is 0 Å². The summed E-state index contributed by atoms with van der Waals surface area (Å²) in [6, 6.07) is 1.35. The molecule has 1 N–H and O–H groups in total. The van der Waals surface area contributed by atoms with Gasteiger partial charge in [0.25, 0.3) is 0 Å². The van der Waals surface area contributed by atoms with E-state index >= 15 is 0 Å². The number of benzene rings is 1. The van der Waals surface area contributed by atoms with Crippen LogP contribution in [0.5, 0.6) is 0 Å². The second kappa shape index (κ2) is 4.12. The lowest BCUT2D eigenvalue weighted by Crippen LogP contribution is -2.12. The third-order valence-electron chi connectivity index (χ3n) is 1.68. The van der Waals surface area contributed by atoms with Crippen LogP contribution >= 0.6 is 0 Å². The van der Waals surface area contributed by atoms with E-state index in [4.69, 9.17) is 5.11 Å². The average molecular weight is 254 g/mol. The molecule has 0 saturated carbocycles. The number of rotatable bonds is 3. The lowest BCUT2D eigenvalue weighted by molar-refractivity contribution is 0.0696. The number of alkyl halides is 2. The van der Waals surface area contributed by atoms with E-state index < -0.39 is 37.8 Å². The highest BCUT2D eigenvalue weighted by Crippen LogP contribution is 2.20. The molecular formula is C8H5F3O4S. The van der Waals surface area contributed by atoms with Crippen LogP contribution < -0.4 is 0 Å². The van der Waals surface area contributed by atoms with Crippen LogP contribution in [0.2, 0.25) is 0 Å². The Balaban J connectivity index is 3.42. The van der Waals surface area contributed by atoms with Crippen molar-refractivity contribution in [3.05, 3.63) is 29.6 Å². The molecule has 0 amide bonds. The van der Waals surface area contributed by atoms with Gasteiger partial charge in [0.1, 0.15) is 5.82 Å². The number of carbonyl (C=O) groups is 1. The molecule has 0 fully saturated rings. The van der Waals surface area contributed by atoms with Gasteiger partial charge in [0.15, 0.2) is 0 Å². The van der Waals surface area contributed by atoms with Crippen molar-refractivity contribution in [2.24, 2.45) is 0 Å². The monoisotopic (exact) mass is 254 g/mol. The molecule has 0 aromatic heterocycles. The van der Waals surface area contributed by atoms with Crippen LogP contribution in [0, 0.1) is 5.82 Å². The molecule has 0 aliphatic heterocycles. The van der Waals surface area contributed by atoms with Gasteiger partial charge in [0.05, 0.1) is 10.5 Å². The van der Waals surface area contributed by atoms with Crippen LogP contribution in [0.4, 0.5) is 13.2 Å². The topological polar surface area (TPSA) is 71.4 Å². The molecule has 1 aromatic carbocycles. The Morgan fingerprint density at radius 2 is 1.81 bits per heavy atom. The molecule has 1 aromatic rings. The molecule has 0 spiro atoms. The molecule has 0 heterocycles. The minimum absolute atomic E-state index is 0.341. The van der Waals surface area contributed by atoms with Gasteiger partial charge >= 0.3 is 11.7 Å². The normalized spacial score (nSPS) is 11.8. The smallest absolute Gasteiger partial charge is 0.341 e. The summed E-state index contributed by atoms with van der Waals surface area (Å²) in [5.74, 6) is -6.54. The zero-order chi connectivity index (χ0) is 12.5. The van der Waals surface area contributed by atoms with Crippen molar-refractivity contribution in [3.8, 4) is 0 Å². The molecule has 1 rings (SSSR count). The SMILES string of the molecule is O=C(O)c1cc(F)cc(S(=O)(=O)C(F)F)c1. The third kappa shape index (κ3) is 2.32. The zero-order valence-electron chi connectivity index (χ0n) is 7.52. The largest absolute Gasteiger partial charge is 0.478 e. The van der Waals surface area contributed by atoms with Gasteiger partial charge in [-0.05, 0) is 18.2 Å². The number of hydrogen-bond acceptors (Lipinski definition) is 3. The van der Waals surface area contributed by atoms with E-state index in [0.717, 1.165) is 0 Å². The van der Waals surface area contributed by atoms with E-state index in [1.165, 1.54) is 0 Å². The van der Waals surface area contributed by atoms with Gasteiger partial charge in [-0.2, -0.15) is 8.78 Å². The van der Waals surface area contributed by atoms with Crippen molar-refractivity contribution in [1.29, 1.82) is 0 Å². The number of aromatic carboxylic acids is 1. The molecule has 0 aliphatic carbocycles. The minimum atomic E-state index is -4.99. The van der Waals surface area contributed by atoms with E-state index in [1.807, 2.05) is 0 Å². The molecule has 16 heavy (non-hydrogen) atoms. The van der Waals surface area contributed by atoms with Crippen molar-refractivity contribution in [2.45, 2.75) is 10.7 Å². The number of halogens is 3. The molecule has 4 nitrogen and oxygen atoms in total. The number of hydrogen-bond donors (Lipinski definition) is 1. The summed E-state index contributed by atoms with van der Waals surface area (Å²) in [5, 5.41) is 8.49. The number of carboxylic acids is 1.